The van der Waals surface area contributed by atoms with Crippen LogP contribution < -0.4 is 15.2 Å². The van der Waals surface area contributed by atoms with Gasteiger partial charge in [-0.05, 0) is 42.7 Å². The van der Waals surface area contributed by atoms with E-state index in [4.69, 9.17) is 15.2 Å². The van der Waals surface area contributed by atoms with Crippen LogP contribution in [0.1, 0.15) is 24.8 Å². The predicted octanol–water partition coefficient (Wildman–Crippen LogP) is 2.57. The quantitative estimate of drug-likeness (QED) is 0.899. The lowest BCUT2D eigenvalue weighted by atomic mass is 9.96. The molecule has 2 N–H and O–H groups in total. The monoisotopic (exact) mass is 279 g/mol. The summed E-state index contributed by atoms with van der Waals surface area (Å²) in [5.74, 6) is 3.99. The Morgan fingerprint density at radius 2 is 2.21 bits per heavy atom. The summed E-state index contributed by atoms with van der Waals surface area (Å²) in [5, 5.41) is 0. The van der Waals surface area contributed by atoms with Crippen LogP contribution in [0.4, 0.5) is 0 Å². The molecule has 3 nitrogen and oxygen atoms in total. The molecule has 2 fully saturated rings. The van der Waals surface area contributed by atoms with E-state index in [9.17, 15) is 0 Å². The Kier molecular flexibility index (Phi) is 3.63. The van der Waals surface area contributed by atoms with Crippen LogP contribution in [0.5, 0.6) is 11.5 Å². The van der Waals surface area contributed by atoms with Crippen LogP contribution in [0.15, 0.2) is 18.2 Å². The van der Waals surface area contributed by atoms with Gasteiger partial charge in [0.15, 0.2) is 11.5 Å². The molecule has 0 bridgehead atoms. The van der Waals surface area contributed by atoms with E-state index >= 15 is 0 Å². The second-order valence-electron chi connectivity index (χ2n) is 5.45. The number of benzene rings is 1. The number of nitrogens with two attached hydrogens (primary N) is 1. The van der Waals surface area contributed by atoms with Crippen molar-refractivity contribution in [3.63, 3.8) is 0 Å². The van der Waals surface area contributed by atoms with E-state index in [2.05, 4.69) is 12.1 Å². The Bertz CT molecular complexity index is 453. The van der Waals surface area contributed by atoms with E-state index < -0.39 is 0 Å². The molecular weight excluding hydrogens is 258 g/mol. The summed E-state index contributed by atoms with van der Waals surface area (Å²) in [6, 6.07) is 6.31. The molecule has 0 amide bonds. The fourth-order valence-corrected chi connectivity index (χ4v) is 3.74. The standard InChI is InChI=1S/C15H21NO2S/c1-17-14-8-11(15(10-16)5-6-15)2-3-13(14)18-12-4-7-19-9-12/h2-3,8,12H,4-7,9-10,16H2,1H3. The van der Waals surface area contributed by atoms with Gasteiger partial charge in [0.1, 0.15) is 6.10 Å². The summed E-state index contributed by atoms with van der Waals surface area (Å²) in [6.07, 6.45) is 3.83. The summed E-state index contributed by atoms with van der Waals surface area (Å²) in [5.41, 5.74) is 7.38. The Morgan fingerprint density at radius 1 is 1.37 bits per heavy atom. The van der Waals surface area contributed by atoms with Crippen molar-refractivity contribution >= 4 is 11.8 Å². The van der Waals surface area contributed by atoms with Crippen LogP contribution >= 0.6 is 11.8 Å². The molecule has 1 saturated carbocycles. The smallest absolute Gasteiger partial charge is 0.161 e. The van der Waals surface area contributed by atoms with Gasteiger partial charge in [0.2, 0.25) is 0 Å². The van der Waals surface area contributed by atoms with Crippen molar-refractivity contribution in [3.8, 4) is 11.5 Å². The molecule has 104 valence electrons. The molecule has 0 spiro atoms. The topological polar surface area (TPSA) is 44.5 Å². The van der Waals surface area contributed by atoms with E-state index in [0.717, 1.165) is 30.2 Å². The lowest BCUT2D eigenvalue weighted by Crippen LogP contribution is -2.20. The van der Waals surface area contributed by atoms with Crippen molar-refractivity contribution in [1.82, 2.24) is 0 Å². The number of hydrogen-bond donors (Lipinski definition) is 1. The van der Waals surface area contributed by atoms with Gasteiger partial charge >= 0.3 is 0 Å². The normalized spacial score (nSPS) is 24.2. The molecule has 2 aliphatic rings. The van der Waals surface area contributed by atoms with Crippen molar-refractivity contribution in [3.05, 3.63) is 23.8 Å². The fraction of sp³-hybridized carbons (Fsp3) is 0.600. The Morgan fingerprint density at radius 3 is 2.79 bits per heavy atom. The Balaban J connectivity index is 1.81. The highest BCUT2D eigenvalue weighted by Crippen LogP contribution is 2.49. The van der Waals surface area contributed by atoms with Crippen LogP contribution in [-0.4, -0.2) is 31.3 Å². The van der Waals surface area contributed by atoms with Crippen LogP contribution in [0.2, 0.25) is 0 Å². The number of ether oxygens (including phenoxy) is 2. The molecular formula is C15H21NO2S. The van der Waals surface area contributed by atoms with Crippen LogP contribution in [0, 0.1) is 0 Å². The zero-order chi connectivity index (χ0) is 13.3. The number of rotatable bonds is 5. The van der Waals surface area contributed by atoms with Crippen molar-refractivity contribution in [2.75, 3.05) is 25.2 Å². The van der Waals surface area contributed by atoms with Crippen LogP contribution in [0.3, 0.4) is 0 Å². The molecule has 1 heterocycles. The highest BCUT2D eigenvalue weighted by Gasteiger charge is 2.43. The molecule has 1 aliphatic heterocycles. The van der Waals surface area contributed by atoms with Crippen molar-refractivity contribution in [2.24, 2.45) is 5.73 Å². The number of thioether (sulfide) groups is 1. The third kappa shape index (κ3) is 2.56. The lowest BCUT2D eigenvalue weighted by Gasteiger charge is -2.19. The molecule has 1 aliphatic carbocycles. The third-order valence-electron chi connectivity index (χ3n) is 4.20. The first-order valence-electron chi connectivity index (χ1n) is 6.90. The van der Waals surface area contributed by atoms with Gasteiger partial charge in [-0.3, -0.25) is 0 Å². The van der Waals surface area contributed by atoms with Gasteiger partial charge in [0.25, 0.3) is 0 Å². The minimum atomic E-state index is 0.203. The molecule has 1 aromatic rings. The van der Waals surface area contributed by atoms with Gasteiger partial charge in [-0.1, -0.05) is 6.07 Å². The van der Waals surface area contributed by atoms with Crippen LogP contribution in [-0.2, 0) is 5.41 Å². The maximum atomic E-state index is 6.04. The van der Waals surface area contributed by atoms with Gasteiger partial charge in [-0.15, -0.1) is 0 Å². The van der Waals surface area contributed by atoms with Gasteiger partial charge in [0.05, 0.1) is 7.11 Å². The minimum Gasteiger partial charge on any atom is -0.493 e. The second kappa shape index (κ2) is 5.25. The van der Waals surface area contributed by atoms with Crippen LogP contribution in [0.25, 0.3) is 0 Å². The van der Waals surface area contributed by atoms with E-state index in [-0.39, 0.29) is 5.41 Å². The highest BCUT2D eigenvalue weighted by molar-refractivity contribution is 7.99. The molecule has 1 atom stereocenters. The maximum Gasteiger partial charge on any atom is 0.161 e. The first kappa shape index (κ1) is 13.1. The minimum absolute atomic E-state index is 0.203. The summed E-state index contributed by atoms with van der Waals surface area (Å²) in [7, 11) is 1.71. The summed E-state index contributed by atoms with van der Waals surface area (Å²) >= 11 is 1.95. The molecule has 1 unspecified atom stereocenters. The zero-order valence-electron chi connectivity index (χ0n) is 11.4. The largest absolute Gasteiger partial charge is 0.493 e. The van der Waals surface area contributed by atoms with Gasteiger partial charge in [-0.25, -0.2) is 0 Å². The van der Waals surface area contributed by atoms with Crippen molar-refractivity contribution < 1.29 is 9.47 Å². The Hall–Kier alpha value is -0.870. The van der Waals surface area contributed by atoms with E-state index in [0.29, 0.717) is 6.10 Å². The molecule has 19 heavy (non-hydrogen) atoms. The van der Waals surface area contributed by atoms with E-state index in [1.165, 1.54) is 24.2 Å². The first-order valence-corrected chi connectivity index (χ1v) is 8.06. The number of hydrogen-bond acceptors (Lipinski definition) is 4. The summed E-state index contributed by atoms with van der Waals surface area (Å²) in [4.78, 5) is 0. The maximum absolute atomic E-state index is 6.04. The zero-order valence-corrected chi connectivity index (χ0v) is 12.2. The highest BCUT2D eigenvalue weighted by atomic mass is 32.2. The number of methoxy groups -OCH3 is 1. The second-order valence-corrected chi connectivity index (χ2v) is 6.60. The van der Waals surface area contributed by atoms with Gasteiger partial charge in [-0.2, -0.15) is 11.8 Å². The molecule has 1 aromatic carbocycles. The Labute approximate surface area is 118 Å². The van der Waals surface area contributed by atoms with E-state index in [1.807, 2.05) is 17.8 Å². The summed E-state index contributed by atoms with van der Waals surface area (Å²) < 4.78 is 11.5. The molecule has 4 heteroatoms. The fourth-order valence-electron chi connectivity index (χ4n) is 2.64. The van der Waals surface area contributed by atoms with Crippen molar-refractivity contribution in [2.45, 2.75) is 30.8 Å². The first-order chi connectivity index (χ1) is 9.27. The predicted molar refractivity (Wildman–Crippen MR) is 79.3 cm³/mol. The molecule has 3 rings (SSSR count). The van der Waals surface area contributed by atoms with Crippen molar-refractivity contribution in [1.29, 1.82) is 0 Å². The van der Waals surface area contributed by atoms with Gasteiger partial charge in [0, 0.05) is 17.7 Å². The van der Waals surface area contributed by atoms with Gasteiger partial charge < -0.3 is 15.2 Å². The molecule has 0 radical (unpaired) electrons. The summed E-state index contributed by atoms with van der Waals surface area (Å²) in [6.45, 7) is 0.718. The lowest BCUT2D eigenvalue weighted by molar-refractivity contribution is 0.218. The average molecular weight is 279 g/mol. The van der Waals surface area contributed by atoms with E-state index in [1.54, 1.807) is 7.11 Å². The third-order valence-corrected chi connectivity index (χ3v) is 5.33. The molecule has 1 saturated heterocycles. The SMILES string of the molecule is COc1cc(C2(CN)CC2)ccc1OC1CCSC1. The molecule has 0 aromatic heterocycles. The average Bonchev–Trinajstić information content (AvgIpc) is 3.09.